The van der Waals surface area contributed by atoms with Crippen LogP contribution in [0.5, 0.6) is 0 Å². The van der Waals surface area contributed by atoms with Crippen molar-refractivity contribution in [1.29, 1.82) is 0 Å². The molecule has 3 fully saturated rings. The summed E-state index contributed by atoms with van der Waals surface area (Å²) in [6.45, 7) is 14.1. The van der Waals surface area contributed by atoms with Gasteiger partial charge in [0.2, 0.25) is 23.6 Å². The fourth-order valence-corrected chi connectivity index (χ4v) is 12.1. The summed E-state index contributed by atoms with van der Waals surface area (Å²) in [6, 6.07) is 2.11. The minimum atomic E-state index is -1.67. The number of ether oxygens (including phenoxy) is 3. The van der Waals surface area contributed by atoms with Crippen LogP contribution in [0.25, 0.3) is 0 Å². The van der Waals surface area contributed by atoms with Gasteiger partial charge in [-0.1, -0.05) is 75.1 Å². The molecule has 0 aromatic heterocycles. The number of aryl methyl sites for hydroxylation is 1. The number of nitrogens with zero attached hydrogens (tertiary/aromatic N) is 2. The van der Waals surface area contributed by atoms with Gasteiger partial charge in [0.05, 0.1) is 40.9 Å². The maximum absolute atomic E-state index is 14.3. The van der Waals surface area contributed by atoms with Gasteiger partial charge in [-0.2, -0.15) is 0 Å². The zero-order valence-electron chi connectivity index (χ0n) is 47.7. The average Bonchev–Trinajstić information content (AvgIpc) is 4.23. The highest BCUT2D eigenvalue weighted by molar-refractivity contribution is 8.00. The number of carboxylic acids is 1. The number of alkyl carbamates (subject to hydrolysis) is 1. The Bertz CT molecular complexity index is 2480. The molecule has 5 rings (SSSR count). The Hall–Kier alpha value is -5.31. The first-order chi connectivity index (χ1) is 37.2. The molecule has 1 aromatic carbocycles. The number of esters is 1. The smallest absolute Gasteiger partial charge is 0.409 e. The molecular weight excluding hydrogens is 1060 g/mol. The van der Waals surface area contributed by atoms with Gasteiger partial charge in [-0.3, -0.25) is 38.9 Å². The van der Waals surface area contributed by atoms with Crippen LogP contribution in [0.15, 0.2) is 35.9 Å². The summed E-state index contributed by atoms with van der Waals surface area (Å²) in [4.78, 5) is 120. The molecular formula is C58H84ClN5O14S. The molecule has 79 heavy (non-hydrogen) atoms. The minimum absolute atomic E-state index is 0.00908. The van der Waals surface area contributed by atoms with Crippen molar-refractivity contribution in [2.24, 2.45) is 23.7 Å². The van der Waals surface area contributed by atoms with Gasteiger partial charge in [0.25, 0.3) is 0 Å². The van der Waals surface area contributed by atoms with Crippen LogP contribution in [0.3, 0.4) is 0 Å². The van der Waals surface area contributed by atoms with Crippen LogP contribution < -0.4 is 20.9 Å². The van der Waals surface area contributed by atoms with Crippen molar-refractivity contribution in [1.82, 2.24) is 20.9 Å². The van der Waals surface area contributed by atoms with Crippen molar-refractivity contribution >= 4 is 82.3 Å². The van der Waals surface area contributed by atoms with Gasteiger partial charge < -0.3 is 44.9 Å². The number of rotatable bonds is 22. The molecule has 4 aliphatic rings. The van der Waals surface area contributed by atoms with E-state index in [1.807, 2.05) is 44.2 Å². The normalized spacial score (nSPS) is 28.4. The molecule has 3 unspecified atom stereocenters. The maximum atomic E-state index is 14.3. The number of unbranched alkanes of at least 4 members (excludes halogenated alkanes) is 2. The topological polar surface area (TPSA) is 268 Å². The van der Waals surface area contributed by atoms with Gasteiger partial charge in [-0.05, 0) is 103 Å². The fraction of sp³-hybridized carbons (Fsp3) is 0.672. The fourth-order valence-electron chi connectivity index (χ4n) is 10.8. The molecule has 1 aromatic rings. The van der Waals surface area contributed by atoms with Crippen molar-refractivity contribution in [3.05, 3.63) is 52.1 Å². The Morgan fingerprint density at radius 1 is 1.04 bits per heavy atom. The Labute approximate surface area is 474 Å². The summed E-state index contributed by atoms with van der Waals surface area (Å²) in [5.74, 6) is -4.43. The van der Waals surface area contributed by atoms with Crippen LogP contribution in [0.2, 0.25) is 5.02 Å². The number of carbonyl (C=O) groups excluding carboxylic acids is 8. The SMILES string of the molecule is CCC(=O)NC(CCCCCC(=O)C1CCC(CNC(=O)C(CC(=O)O)SCCC(=O)N(C)[C@@H](C)C(=O)O[C@H]2CC(=O)N(C)c3cc(cc(C)c3Cl)C/C(C)=C/C=C/[C@H](C)[C@@]3(O)CC(OC(=O)N3)[C@@H](C)[C@@H]3O[C@@]23C)CC1)C(C)=O. The number of fused-ring (bicyclic) bond motifs is 5. The van der Waals surface area contributed by atoms with Gasteiger partial charge in [0.15, 0.2) is 5.78 Å². The number of aliphatic hydroxyl groups is 1. The predicted octanol–water partition coefficient (Wildman–Crippen LogP) is 7.33. The van der Waals surface area contributed by atoms with Crippen LogP contribution in [0.1, 0.15) is 149 Å². The number of ketones is 2. The lowest BCUT2D eigenvalue weighted by Gasteiger charge is -2.41. The van der Waals surface area contributed by atoms with Gasteiger partial charge in [0, 0.05) is 69.8 Å². The molecule has 1 aliphatic carbocycles. The number of carboxylic acid groups (broad SMARTS) is 1. The Morgan fingerprint density at radius 2 is 1.73 bits per heavy atom. The predicted molar refractivity (Wildman–Crippen MR) is 300 cm³/mol. The Morgan fingerprint density at radius 3 is 2.39 bits per heavy atom. The van der Waals surface area contributed by atoms with E-state index >= 15 is 0 Å². The average molecular weight is 1140 g/mol. The second kappa shape index (κ2) is 28.9. The van der Waals surface area contributed by atoms with Gasteiger partial charge in [-0.15, -0.1) is 11.8 Å². The lowest BCUT2D eigenvalue weighted by molar-refractivity contribution is -0.162. The van der Waals surface area contributed by atoms with E-state index in [0.717, 1.165) is 54.1 Å². The third kappa shape index (κ3) is 17.8. The number of hydrogen-bond donors (Lipinski definition) is 5. The first-order valence-corrected chi connectivity index (χ1v) is 29.3. The van der Waals surface area contributed by atoms with Crippen molar-refractivity contribution in [3.63, 3.8) is 0 Å². The number of halogens is 1. The number of nitrogens with one attached hydrogen (secondary N) is 3. The minimum Gasteiger partial charge on any atom is -0.481 e. The first kappa shape index (κ1) is 64.5. The van der Waals surface area contributed by atoms with Crippen molar-refractivity contribution < 1.29 is 67.6 Å². The number of likely N-dealkylation sites (N-methyl/N-ethyl adjacent to an activating group) is 1. The van der Waals surface area contributed by atoms with E-state index in [1.54, 1.807) is 34.7 Å². The molecule has 0 spiro atoms. The highest BCUT2D eigenvalue weighted by Crippen LogP contribution is 2.49. The summed E-state index contributed by atoms with van der Waals surface area (Å²) in [5, 5.41) is 29.1. The summed E-state index contributed by atoms with van der Waals surface area (Å²) in [6.07, 6.45) is 7.87. The summed E-state index contributed by atoms with van der Waals surface area (Å²) in [5.41, 5.74) is 0.118. The monoisotopic (exact) mass is 1140 g/mol. The van der Waals surface area contributed by atoms with Crippen LogP contribution >= 0.6 is 23.4 Å². The van der Waals surface area contributed by atoms with Crippen LogP contribution in [0, 0.1) is 30.6 Å². The number of Topliss-reactive ketones (excluding diaryl/α,β-unsaturated/α-hetero) is 2. The quantitative estimate of drug-likeness (QED) is 0.0432. The van der Waals surface area contributed by atoms with Crippen LogP contribution in [-0.2, 0) is 59.0 Å². The number of carbonyl (C=O) groups is 9. The van der Waals surface area contributed by atoms with Crippen LogP contribution in [0.4, 0.5) is 10.5 Å². The second-order valence-electron chi connectivity index (χ2n) is 22.5. The highest BCUT2D eigenvalue weighted by Gasteiger charge is 2.64. The largest absolute Gasteiger partial charge is 0.481 e. The summed E-state index contributed by atoms with van der Waals surface area (Å²) < 4.78 is 18.2. The number of epoxide rings is 1. The number of aliphatic carboxylic acids is 1. The number of allylic oxidation sites excluding steroid dienone is 3. The number of anilines is 1. The lowest BCUT2D eigenvalue weighted by Crippen LogP contribution is -2.60. The molecule has 3 aliphatic heterocycles. The lowest BCUT2D eigenvalue weighted by atomic mass is 9.79. The molecule has 19 nitrogen and oxygen atoms in total. The highest BCUT2D eigenvalue weighted by atomic mass is 35.5. The molecule has 3 heterocycles. The third-order valence-electron chi connectivity index (χ3n) is 16.4. The second-order valence-corrected chi connectivity index (χ2v) is 24.2. The third-order valence-corrected chi connectivity index (χ3v) is 18.1. The molecule has 4 bridgehead atoms. The molecule has 21 heteroatoms. The van der Waals surface area contributed by atoms with E-state index in [0.29, 0.717) is 62.2 Å². The zero-order chi connectivity index (χ0) is 58.5. The molecule has 2 saturated heterocycles. The number of hydrogen-bond acceptors (Lipinski definition) is 14. The molecule has 5 amide bonds. The van der Waals surface area contributed by atoms with E-state index in [4.69, 9.17) is 25.8 Å². The zero-order valence-corrected chi connectivity index (χ0v) is 49.2. The van der Waals surface area contributed by atoms with E-state index in [2.05, 4.69) is 16.0 Å². The Kier molecular flexibility index (Phi) is 23.6. The van der Waals surface area contributed by atoms with E-state index < -0.39 is 101 Å². The van der Waals surface area contributed by atoms with Gasteiger partial charge in [-0.25, -0.2) is 9.59 Å². The van der Waals surface area contributed by atoms with E-state index in [-0.39, 0.29) is 54.3 Å². The standard InChI is InChI=1S/C58H84ClN5O14S/c1-11-48(67)61-42(38(7)65)18-13-12-14-19-44(66)41-22-20-39(21-23-41)32-60-54(72)46(29-51(70)71)79-25-24-49(68)63(9)37(6)55(73)77-47-30-50(69)64(10)43-28-40(27-34(3)52(43)59)26-33(2)16-15-17-35(4)58(75)31-45(76-56(74)62-58)36(5)53-57(47,8)78-53/h15-17,27-28,35-37,39,41-42,45-47,53,75H,11-14,18-26,29-32H2,1-10H3,(H,60,72)(H,61,67)(H,62,74)(H,70,71)/b17-15+,33-16+/t35-,36+,37-,39?,41?,42?,45?,46?,47-,53-,57-,58-/m0/s1. The van der Waals surface area contributed by atoms with E-state index in [9.17, 15) is 53.4 Å². The van der Waals surface area contributed by atoms with Gasteiger partial charge in [0.1, 0.15) is 35.4 Å². The number of amides is 5. The Balaban J connectivity index is 1.17. The summed E-state index contributed by atoms with van der Waals surface area (Å²) in [7, 11) is 3.01. The molecule has 10 atom stereocenters. The number of benzene rings is 1. The summed E-state index contributed by atoms with van der Waals surface area (Å²) >= 11 is 7.86. The van der Waals surface area contributed by atoms with Crippen molar-refractivity contribution in [3.8, 4) is 0 Å². The molecule has 438 valence electrons. The number of thioether (sulfide) groups is 1. The maximum Gasteiger partial charge on any atom is 0.409 e. The molecule has 1 saturated carbocycles. The van der Waals surface area contributed by atoms with Gasteiger partial charge >= 0.3 is 18.0 Å². The van der Waals surface area contributed by atoms with Crippen molar-refractivity contribution in [2.75, 3.05) is 31.3 Å². The van der Waals surface area contributed by atoms with Crippen LogP contribution in [-0.4, -0.2) is 142 Å². The first-order valence-electron chi connectivity index (χ1n) is 27.9. The van der Waals surface area contributed by atoms with Crippen molar-refractivity contribution in [2.45, 2.75) is 199 Å². The van der Waals surface area contributed by atoms with E-state index in [1.165, 1.54) is 30.7 Å². The molecule has 5 N–H and O–H groups in total. The molecule has 0 radical (unpaired) electrons.